The van der Waals surface area contributed by atoms with Crippen molar-refractivity contribution in [2.24, 2.45) is 9.98 Å². The van der Waals surface area contributed by atoms with E-state index in [1.807, 2.05) is 18.2 Å². The van der Waals surface area contributed by atoms with Crippen molar-refractivity contribution in [1.29, 1.82) is 0 Å². The second-order valence-corrected chi connectivity index (χ2v) is 15.3. The summed E-state index contributed by atoms with van der Waals surface area (Å²) in [5.41, 5.74) is 5.91. The molecule has 1 atom stereocenters. The molecular formula is C40H48ClN9O3S. The van der Waals surface area contributed by atoms with Crippen LogP contribution in [0, 0.1) is 10.1 Å². The number of hydrogen-bond acceptors (Lipinski definition) is 9. The molecule has 6 rings (SSSR count). The van der Waals surface area contributed by atoms with Crippen molar-refractivity contribution < 1.29 is 9.13 Å². The van der Waals surface area contributed by atoms with Gasteiger partial charge in [0.25, 0.3) is 5.69 Å². The minimum atomic E-state index is -1.82. The van der Waals surface area contributed by atoms with E-state index in [-0.39, 0.29) is 10.6 Å². The van der Waals surface area contributed by atoms with Crippen LogP contribution in [0.15, 0.2) is 117 Å². The number of hydrogen-bond donors (Lipinski definition) is 2. The van der Waals surface area contributed by atoms with Crippen LogP contribution in [0.5, 0.6) is 0 Å². The lowest BCUT2D eigenvalue weighted by Crippen LogP contribution is -2.45. The molecule has 2 fully saturated rings. The summed E-state index contributed by atoms with van der Waals surface area (Å²) in [5.74, 6) is 0.366. The third kappa shape index (κ3) is 10.5. The van der Waals surface area contributed by atoms with Gasteiger partial charge in [-0.25, -0.2) is 9.20 Å². The highest BCUT2D eigenvalue weighted by Crippen LogP contribution is 2.29. The van der Waals surface area contributed by atoms with E-state index in [1.165, 1.54) is 23.5 Å². The van der Waals surface area contributed by atoms with Crippen LogP contribution in [0.25, 0.3) is 11.1 Å². The lowest BCUT2D eigenvalue weighted by atomic mass is 9.99. The standard InChI is InChI=1S/C40H48ClN9O3S/c1-42-30-44-40(45-54(53)36-16-17-38(39(28-36)50(51)52)43-18-5-19-47-22-20-46(2)21-23-47)32-10-14-35(15-11-32)49-26-24-48(25-27-49)29-33-6-3-4-7-37(33)31-8-12-34(41)13-9-31/h3-4,6-10,12-17,28,30,43,45H,1,5,11,18-27,29H2,2H3/b40-32+,44-30-. The Morgan fingerprint density at radius 1 is 0.981 bits per heavy atom. The Labute approximate surface area is 325 Å². The number of allylic oxidation sites excluding steroid dienone is 4. The van der Waals surface area contributed by atoms with Gasteiger partial charge in [-0.1, -0.05) is 60.2 Å². The number of halogens is 1. The van der Waals surface area contributed by atoms with Crippen molar-refractivity contribution in [3.8, 4) is 11.1 Å². The summed E-state index contributed by atoms with van der Waals surface area (Å²) in [6.45, 7) is 13.7. The minimum absolute atomic E-state index is 0.122. The molecule has 3 aliphatic rings. The predicted molar refractivity (Wildman–Crippen MR) is 220 cm³/mol. The molecule has 1 aliphatic carbocycles. The molecule has 54 heavy (non-hydrogen) atoms. The highest BCUT2D eigenvalue weighted by Gasteiger charge is 2.22. The van der Waals surface area contributed by atoms with Gasteiger partial charge in [-0.05, 0) is 85.8 Å². The average Bonchev–Trinajstić information content (AvgIpc) is 3.19. The molecule has 0 aromatic heterocycles. The Morgan fingerprint density at radius 3 is 2.43 bits per heavy atom. The first kappa shape index (κ1) is 39.0. The Balaban J connectivity index is 1.04. The van der Waals surface area contributed by atoms with E-state index >= 15 is 0 Å². The number of benzene rings is 3. The normalized spacial score (nSPS) is 18.7. The molecule has 3 aromatic carbocycles. The maximum Gasteiger partial charge on any atom is 0.293 e. The summed E-state index contributed by atoms with van der Waals surface area (Å²) < 4.78 is 16.5. The molecule has 12 nitrogen and oxygen atoms in total. The van der Waals surface area contributed by atoms with Crippen LogP contribution in [-0.2, 0) is 17.5 Å². The highest BCUT2D eigenvalue weighted by molar-refractivity contribution is 7.83. The van der Waals surface area contributed by atoms with Gasteiger partial charge in [-0.2, -0.15) is 0 Å². The highest BCUT2D eigenvalue weighted by atomic mass is 35.5. The first-order chi connectivity index (χ1) is 26.3. The summed E-state index contributed by atoms with van der Waals surface area (Å²) in [5, 5.41) is 16.0. The summed E-state index contributed by atoms with van der Waals surface area (Å²) in [4.78, 5) is 29.6. The number of nitro groups is 1. The van der Waals surface area contributed by atoms with E-state index in [9.17, 15) is 14.3 Å². The van der Waals surface area contributed by atoms with Gasteiger partial charge >= 0.3 is 0 Å². The number of anilines is 1. The van der Waals surface area contributed by atoms with Crippen LogP contribution in [0.3, 0.4) is 0 Å². The fourth-order valence-corrected chi connectivity index (χ4v) is 7.88. The quantitative estimate of drug-likeness (QED) is 0.0619. The van der Waals surface area contributed by atoms with Gasteiger partial charge in [0, 0.05) is 82.2 Å². The van der Waals surface area contributed by atoms with Crippen molar-refractivity contribution in [3.63, 3.8) is 0 Å². The van der Waals surface area contributed by atoms with Crippen molar-refractivity contribution in [2.45, 2.75) is 24.3 Å². The number of aliphatic imine (C=N–C) groups is 2. The first-order valence-electron chi connectivity index (χ1n) is 18.3. The smallest absolute Gasteiger partial charge is 0.293 e. The van der Waals surface area contributed by atoms with Crippen molar-refractivity contribution >= 4 is 47.0 Å². The monoisotopic (exact) mass is 769 g/mol. The fraction of sp³-hybridized carbons (Fsp3) is 0.350. The number of nitrogens with one attached hydrogen (secondary N) is 2. The molecule has 2 N–H and O–H groups in total. The van der Waals surface area contributed by atoms with Crippen LogP contribution in [-0.4, -0.2) is 114 Å². The van der Waals surface area contributed by atoms with E-state index in [1.54, 1.807) is 12.1 Å². The summed E-state index contributed by atoms with van der Waals surface area (Å²) in [7, 11) is 0.309. The number of nitrogens with zero attached hydrogens (tertiary/aromatic N) is 7. The Morgan fingerprint density at radius 2 is 1.72 bits per heavy atom. The molecule has 2 heterocycles. The second-order valence-electron chi connectivity index (χ2n) is 13.6. The van der Waals surface area contributed by atoms with Crippen LogP contribution >= 0.6 is 11.6 Å². The van der Waals surface area contributed by atoms with E-state index in [0.717, 1.165) is 93.7 Å². The Bertz CT molecular complexity index is 1930. The third-order valence-corrected chi connectivity index (χ3v) is 11.3. The number of nitro benzene ring substituents is 1. The molecular weight excluding hydrogens is 722 g/mol. The zero-order valence-electron chi connectivity index (χ0n) is 30.7. The van der Waals surface area contributed by atoms with E-state index in [0.29, 0.717) is 24.5 Å². The van der Waals surface area contributed by atoms with Gasteiger partial charge in [-0.3, -0.25) is 24.7 Å². The predicted octanol–water partition coefficient (Wildman–Crippen LogP) is 6.18. The van der Waals surface area contributed by atoms with Crippen LogP contribution in [0.2, 0.25) is 5.02 Å². The third-order valence-electron chi connectivity index (χ3n) is 9.99. The molecule has 0 amide bonds. The largest absolute Gasteiger partial charge is 0.379 e. The van der Waals surface area contributed by atoms with Crippen molar-refractivity contribution in [2.75, 3.05) is 77.8 Å². The van der Waals surface area contributed by atoms with Crippen molar-refractivity contribution in [1.82, 2.24) is 24.3 Å². The maximum atomic E-state index is 13.5. The summed E-state index contributed by atoms with van der Waals surface area (Å²) >= 11 is 6.14. The van der Waals surface area contributed by atoms with E-state index in [2.05, 4.69) is 102 Å². The van der Waals surface area contributed by atoms with E-state index in [4.69, 9.17) is 11.6 Å². The molecule has 14 heteroatoms. The SMILES string of the molecule is C=N/C=N\C(NS(=O)c1ccc(NCCCN2CCN(C)CC2)c([N+](=O)[O-])c1)=C1\C=CC(N2CCN(Cc3ccccc3-c3ccc(Cl)cc3)CC2)=CC1. The molecule has 0 radical (unpaired) electrons. The topological polar surface area (TPSA) is 122 Å². The second kappa shape index (κ2) is 19.1. The molecule has 0 bridgehead atoms. The average molecular weight is 770 g/mol. The fourth-order valence-electron chi connectivity index (χ4n) is 6.87. The lowest BCUT2D eigenvalue weighted by molar-refractivity contribution is -0.384. The van der Waals surface area contributed by atoms with Gasteiger partial charge in [-0.15, -0.1) is 0 Å². The molecule has 3 aromatic rings. The number of rotatable bonds is 15. The van der Waals surface area contributed by atoms with Gasteiger partial charge in [0.1, 0.15) is 17.8 Å². The Kier molecular flexibility index (Phi) is 13.8. The Hall–Kier alpha value is -4.66. The van der Waals surface area contributed by atoms with Gasteiger partial charge in [0.15, 0.2) is 11.0 Å². The van der Waals surface area contributed by atoms with Crippen LogP contribution in [0.1, 0.15) is 18.4 Å². The van der Waals surface area contributed by atoms with Crippen molar-refractivity contribution in [3.05, 3.63) is 123 Å². The minimum Gasteiger partial charge on any atom is -0.379 e. The number of likely N-dealkylation sites (N-methyl/N-ethyl adjacent to an activating group) is 1. The molecule has 0 spiro atoms. The zero-order chi connectivity index (χ0) is 37.9. The molecule has 284 valence electrons. The first-order valence-corrected chi connectivity index (χ1v) is 19.8. The number of piperazine rings is 2. The van der Waals surface area contributed by atoms with Crippen LogP contribution in [0.4, 0.5) is 11.4 Å². The summed E-state index contributed by atoms with van der Waals surface area (Å²) in [6, 6.07) is 21.2. The van der Waals surface area contributed by atoms with Gasteiger partial charge in [0.2, 0.25) is 0 Å². The molecule has 2 aliphatic heterocycles. The zero-order valence-corrected chi connectivity index (χ0v) is 32.3. The van der Waals surface area contributed by atoms with Gasteiger partial charge in [0.05, 0.1) is 9.82 Å². The maximum absolute atomic E-state index is 13.5. The van der Waals surface area contributed by atoms with E-state index < -0.39 is 15.9 Å². The van der Waals surface area contributed by atoms with Crippen LogP contribution < -0.4 is 10.0 Å². The molecule has 2 saturated heterocycles. The van der Waals surface area contributed by atoms with Gasteiger partial charge < -0.3 is 20.0 Å². The summed E-state index contributed by atoms with van der Waals surface area (Å²) in [6.07, 6.45) is 8.90. The molecule has 1 unspecified atom stereocenters. The lowest BCUT2D eigenvalue weighted by Gasteiger charge is -2.37. The molecule has 0 saturated carbocycles.